The Balaban J connectivity index is 1.60. The van der Waals surface area contributed by atoms with Gasteiger partial charge < -0.3 is 9.84 Å². The highest BCUT2D eigenvalue weighted by Gasteiger charge is 2.33. The quantitative estimate of drug-likeness (QED) is 0.828. The van der Waals surface area contributed by atoms with Gasteiger partial charge in [0.05, 0.1) is 12.5 Å². The molecule has 3 rings (SSSR count). The zero-order valence-electron chi connectivity index (χ0n) is 19.0. The Labute approximate surface area is 151 Å². The first-order chi connectivity index (χ1) is 13.5. The summed E-state index contributed by atoms with van der Waals surface area (Å²) in [4.78, 5) is 13.1. The fraction of sp³-hybridized carbons (Fsp3) is 0.550. The lowest BCUT2D eigenvalue weighted by molar-refractivity contribution is -0.147. The van der Waals surface area contributed by atoms with E-state index in [0.29, 0.717) is 18.8 Å². The number of hydrogen-bond donors (Lipinski definition) is 1. The standard InChI is InChI=1S/C20H27NO3/c1-3-4-9-24-18-7-8-19-14(2)16(6-5-15(19)10-18)11-21-12-17(13-21)20(22)23/h7-8,10,17H,3-6,9,11-13H2,1-2H3,(H,22,23)/i1D3,3D2. The average molecular weight is 334 g/mol. The summed E-state index contributed by atoms with van der Waals surface area (Å²) in [5.74, 6) is -0.350. The van der Waals surface area contributed by atoms with E-state index in [0.717, 1.165) is 30.5 Å². The number of hydrogen-bond acceptors (Lipinski definition) is 3. The molecule has 2 aliphatic rings. The normalized spacial score (nSPS) is 22.5. The van der Waals surface area contributed by atoms with Crippen LogP contribution in [0.1, 0.15) is 51.0 Å². The number of carbonyl (C=O) groups is 1. The summed E-state index contributed by atoms with van der Waals surface area (Å²) in [5, 5.41) is 9.01. The lowest BCUT2D eigenvalue weighted by Gasteiger charge is -2.38. The van der Waals surface area contributed by atoms with E-state index in [4.69, 9.17) is 16.7 Å². The number of aliphatic carboxylic acids is 1. The molecule has 0 unspecified atom stereocenters. The van der Waals surface area contributed by atoms with Crippen molar-refractivity contribution in [1.29, 1.82) is 0 Å². The number of rotatable bonds is 7. The predicted octanol–water partition coefficient (Wildman–Crippen LogP) is 3.60. The molecule has 0 spiro atoms. The lowest BCUT2D eigenvalue weighted by Crippen LogP contribution is -2.50. The molecular weight excluding hydrogens is 302 g/mol. The minimum absolute atomic E-state index is 0.00392. The molecule has 0 amide bonds. The van der Waals surface area contributed by atoms with Crippen LogP contribution >= 0.6 is 0 Å². The maximum atomic E-state index is 11.0. The molecule has 0 radical (unpaired) electrons. The van der Waals surface area contributed by atoms with Crippen LogP contribution < -0.4 is 4.74 Å². The maximum Gasteiger partial charge on any atom is 0.309 e. The van der Waals surface area contributed by atoms with Crippen molar-refractivity contribution in [2.24, 2.45) is 5.92 Å². The average Bonchev–Trinajstić information content (AvgIpc) is 2.58. The van der Waals surface area contributed by atoms with Gasteiger partial charge in [0.2, 0.25) is 0 Å². The molecule has 1 fully saturated rings. The molecule has 1 aromatic carbocycles. The van der Waals surface area contributed by atoms with Crippen molar-refractivity contribution in [3.8, 4) is 5.75 Å². The second kappa shape index (κ2) is 7.39. The van der Waals surface area contributed by atoms with Gasteiger partial charge >= 0.3 is 5.97 Å². The highest BCUT2D eigenvalue weighted by molar-refractivity contribution is 5.73. The first-order valence-corrected chi connectivity index (χ1v) is 8.38. The van der Waals surface area contributed by atoms with Gasteiger partial charge in [0.1, 0.15) is 5.75 Å². The molecule has 0 bridgehead atoms. The summed E-state index contributed by atoms with van der Waals surface area (Å²) in [5.41, 5.74) is 4.87. The molecule has 0 atom stereocenters. The van der Waals surface area contributed by atoms with Crippen LogP contribution in [0.2, 0.25) is 0 Å². The second-order valence-corrected chi connectivity index (χ2v) is 6.55. The van der Waals surface area contributed by atoms with Gasteiger partial charge in [0, 0.05) is 26.5 Å². The number of carboxylic acids is 1. The topological polar surface area (TPSA) is 49.8 Å². The first-order valence-electron chi connectivity index (χ1n) is 10.9. The number of carboxylic acid groups (broad SMARTS) is 1. The third-order valence-corrected chi connectivity index (χ3v) is 4.92. The Morgan fingerprint density at radius 3 is 3.04 bits per heavy atom. The number of ether oxygens (including phenoxy) is 1. The minimum Gasteiger partial charge on any atom is -0.494 e. The molecule has 1 aliphatic carbocycles. The van der Waals surface area contributed by atoms with E-state index in [1.165, 1.54) is 11.1 Å². The predicted molar refractivity (Wildman–Crippen MR) is 95.3 cm³/mol. The van der Waals surface area contributed by atoms with Crippen LogP contribution in [0.5, 0.6) is 5.75 Å². The maximum absolute atomic E-state index is 11.0. The molecule has 1 N–H and O–H groups in total. The summed E-state index contributed by atoms with van der Waals surface area (Å²) in [6.07, 6.45) is -0.688. The third kappa shape index (κ3) is 3.64. The van der Waals surface area contributed by atoms with Gasteiger partial charge in [-0.15, -0.1) is 0 Å². The van der Waals surface area contributed by atoms with E-state index in [1.54, 1.807) is 0 Å². The smallest absolute Gasteiger partial charge is 0.309 e. The van der Waals surface area contributed by atoms with Crippen molar-refractivity contribution < 1.29 is 21.5 Å². The molecule has 1 aromatic rings. The Bertz CT molecular complexity index is 813. The Morgan fingerprint density at radius 2 is 2.29 bits per heavy atom. The van der Waals surface area contributed by atoms with E-state index in [-0.39, 0.29) is 18.9 Å². The van der Waals surface area contributed by atoms with Crippen molar-refractivity contribution >= 4 is 11.5 Å². The van der Waals surface area contributed by atoms with Crippen molar-refractivity contribution in [3.05, 3.63) is 34.9 Å². The Morgan fingerprint density at radius 1 is 1.46 bits per heavy atom. The van der Waals surface area contributed by atoms with Crippen LogP contribution in [0, 0.1) is 5.92 Å². The van der Waals surface area contributed by atoms with E-state index in [2.05, 4.69) is 11.8 Å². The van der Waals surface area contributed by atoms with Gasteiger partial charge in [-0.3, -0.25) is 9.69 Å². The summed E-state index contributed by atoms with van der Waals surface area (Å²) in [6, 6.07) is 5.78. The van der Waals surface area contributed by atoms with Gasteiger partial charge in [0.25, 0.3) is 0 Å². The fourth-order valence-corrected chi connectivity index (χ4v) is 3.44. The number of nitrogens with zero attached hydrogens (tertiary/aromatic N) is 1. The third-order valence-electron chi connectivity index (χ3n) is 4.92. The first kappa shape index (κ1) is 11.7. The van der Waals surface area contributed by atoms with Crippen molar-refractivity contribution in [2.45, 2.75) is 39.4 Å². The molecule has 0 aromatic heterocycles. The summed E-state index contributed by atoms with van der Waals surface area (Å²) >= 11 is 0. The number of allylic oxidation sites excluding steroid dienone is 1. The second-order valence-electron chi connectivity index (χ2n) is 6.55. The molecule has 24 heavy (non-hydrogen) atoms. The number of aryl methyl sites for hydroxylation is 1. The highest BCUT2D eigenvalue weighted by atomic mass is 16.5. The minimum atomic E-state index is -2.66. The Hall–Kier alpha value is -1.81. The molecule has 1 heterocycles. The van der Waals surface area contributed by atoms with Crippen LogP contribution in [-0.2, 0) is 11.2 Å². The van der Waals surface area contributed by atoms with E-state index in [1.807, 2.05) is 18.2 Å². The monoisotopic (exact) mass is 334 g/mol. The largest absolute Gasteiger partial charge is 0.494 e. The van der Waals surface area contributed by atoms with Crippen LogP contribution in [0.15, 0.2) is 23.8 Å². The molecule has 0 saturated carbocycles. The summed E-state index contributed by atoms with van der Waals surface area (Å²) in [7, 11) is 0. The van der Waals surface area contributed by atoms with Gasteiger partial charge in [0.15, 0.2) is 0 Å². The lowest BCUT2D eigenvalue weighted by atomic mass is 9.85. The van der Waals surface area contributed by atoms with Crippen LogP contribution in [0.25, 0.3) is 5.57 Å². The van der Waals surface area contributed by atoms with Gasteiger partial charge in [-0.2, -0.15) is 0 Å². The van der Waals surface area contributed by atoms with Crippen molar-refractivity contribution in [2.75, 3.05) is 26.2 Å². The van der Waals surface area contributed by atoms with Crippen LogP contribution in [0.3, 0.4) is 0 Å². The van der Waals surface area contributed by atoms with Gasteiger partial charge in [-0.25, -0.2) is 0 Å². The zero-order chi connectivity index (χ0) is 21.4. The highest BCUT2D eigenvalue weighted by Crippen LogP contribution is 2.34. The van der Waals surface area contributed by atoms with E-state index < -0.39 is 19.2 Å². The summed E-state index contributed by atoms with van der Waals surface area (Å²) in [6.45, 7) is 1.45. The molecule has 4 heteroatoms. The van der Waals surface area contributed by atoms with Crippen LogP contribution in [0.4, 0.5) is 0 Å². The van der Waals surface area contributed by atoms with Gasteiger partial charge in [-0.05, 0) is 55.0 Å². The van der Waals surface area contributed by atoms with Crippen molar-refractivity contribution in [3.63, 3.8) is 0 Å². The van der Waals surface area contributed by atoms with E-state index >= 15 is 0 Å². The SMILES string of the molecule is [2H]C([2H])([2H])C([2H])([2H])CCOc1ccc2c(c1)CCC(CN1CC(C(=O)O)C1)=C2C. The van der Waals surface area contributed by atoms with Gasteiger partial charge in [-0.1, -0.05) is 24.9 Å². The fourth-order valence-electron chi connectivity index (χ4n) is 3.44. The summed E-state index contributed by atoms with van der Waals surface area (Å²) < 4.78 is 42.6. The molecular formula is C20H27NO3. The number of benzene rings is 1. The van der Waals surface area contributed by atoms with E-state index in [9.17, 15) is 4.79 Å². The molecule has 4 nitrogen and oxygen atoms in total. The van der Waals surface area contributed by atoms with Crippen molar-refractivity contribution in [1.82, 2.24) is 4.90 Å². The number of fused-ring (bicyclic) bond motifs is 1. The molecule has 1 aliphatic heterocycles. The van der Waals surface area contributed by atoms with Crippen LogP contribution in [-0.4, -0.2) is 42.2 Å². The molecule has 1 saturated heterocycles. The molecule has 130 valence electrons. The Kier molecular flexibility index (Phi) is 3.60. The zero-order valence-corrected chi connectivity index (χ0v) is 14.0. The number of likely N-dealkylation sites (tertiary alicyclic amines) is 1.